The zero-order valence-electron chi connectivity index (χ0n) is 10.9. The highest BCUT2D eigenvalue weighted by molar-refractivity contribution is 7.11. The number of hydrogen-bond acceptors (Lipinski definition) is 3. The summed E-state index contributed by atoms with van der Waals surface area (Å²) < 4.78 is 1.88. The predicted molar refractivity (Wildman–Crippen MR) is 77.9 cm³/mol. The first kappa shape index (κ1) is 12.1. The summed E-state index contributed by atoms with van der Waals surface area (Å²) in [4.78, 5) is 5.64. The molecule has 3 nitrogen and oxygen atoms in total. The summed E-state index contributed by atoms with van der Waals surface area (Å²) >= 11 is 1.76. The van der Waals surface area contributed by atoms with Crippen molar-refractivity contribution >= 4 is 11.3 Å². The van der Waals surface area contributed by atoms with Gasteiger partial charge in [-0.15, -0.1) is 11.3 Å². The Morgan fingerprint density at radius 1 is 1.26 bits per heavy atom. The number of hydrogen-bond donors (Lipinski definition) is 0. The number of rotatable bonds is 3. The molecule has 1 unspecified atom stereocenters. The summed E-state index contributed by atoms with van der Waals surface area (Å²) in [6.07, 6.45) is 5.73. The molecule has 0 radical (unpaired) electrons. The van der Waals surface area contributed by atoms with Gasteiger partial charge in [0.05, 0.1) is 10.7 Å². The van der Waals surface area contributed by atoms with Crippen LogP contribution in [-0.4, -0.2) is 14.8 Å². The summed E-state index contributed by atoms with van der Waals surface area (Å²) in [6.45, 7) is 4.26. The van der Waals surface area contributed by atoms with Gasteiger partial charge in [-0.2, -0.15) is 5.10 Å². The minimum atomic E-state index is 0.363. The fourth-order valence-electron chi connectivity index (χ4n) is 2.10. The molecular weight excluding hydrogens is 254 g/mol. The van der Waals surface area contributed by atoms with Gasteiger partial charge in [0.25, 0.3) is 0 Å². The van der Waals surface area contributed by atoms with Crippen LogP contribution in [0.2, 0.25) is 0 Å². The lowest BCUT2D eigenvalue weighted by Crippen LogP contribution is -1.98. The molecule has 0 amide bonds. The maximum absolute atomic E-state index is 4.34. The van der Waals surface area contributed by atoms with Crippen molar-refractivity contribution in [1.82, 2.24) is 14.8 Å². The Labute approximate surface area is 116 Å². The van der Waals surface area contributed by atoms with Crippen molar-refractivity contribution < 1.29 is 0 Å². The van der Waals surface area contributed by atoms with Gasteiger partial charge in [0, 0.05) is 29.4 Å². The third kappa shape index (κ3) is 2.44. The van der Waals surface area contributed by atoms with Gasteiger partial charge >= 0.3 is 0 Å². The molecule has 0 aliphatic heterocycles. The molecule has 0 aliphatic rings. The van der Waals surface area contributed by atoms with Gasteiger partial charge in [-0.1, -0.05) is 19.1 Å². The molecule has 0 saturated heterocycles. The van der Waals surface area contributed by atoms with Gasteiger partial charge in [0.2, 0.25) is 0 Å². The van der Waals surface area contributed by atoms with E-state index in [9.17, 15) is 0 Å². The van der Waals surface area contributed by atoms with Crippen LogP contribution in [0, 0.1) is 6.92 Å². The molecule has 19 heavy (non-hydrogen) atoms. The van der Waals surface area contributed by atoms with Crippen LogP contribution in [0.25, 0.3) is 5.69 Å². The molecule has 1 atom stereocenters. The number of aryl methyl sites for hydroxylation is 1. The van der Waals surface area contributed by atoms with Crippen molar-refractivity contribution in [2.75, 3.05) is 0 Å². The molecule has 0 N–H and O–H groups in total. The smallest absolute Gasteiger partial charge is 0.0896 e. The second-order valence-corrected chi connectivity index (χ2v) is 5.82. The average molecular weight is 269 g/mol. The van der Waals surface area contributed by atoms with Crippen LogP contribution < -0.4 is 0 Å². The SMILES string of the molecule is Cc1ncc(C(C)c2cccc(-n3cccn3)c2)s1. The van der Waals surface area contributed by atoms with Crippen molar-refractivity contribution in [3.63, 3.8) is 0 Å². The lowest BCUT2D eigenvalue weighted by Gasteiger charge is -2.11. The van der Waals surface area contributed by atoms with Crippen molar-refractivity contribution in [2.24, 2.45) is 0 Å². The van der Waals surface area contributed by atoms with Crippen LogP contribution in [0.5, 0.6) is 0 Å². The van der Waals surface area contributed by atoms with E-state index < -0.39 is 0 Å². The van der Waals surface area contributed by atoms with Gasteiger partial charge in [0.1, 0.15) is 0 Å². The number of benzene rings is 1. The number of thiazole rings is 1. The van der Waals surface area contributed by atoms with Gasteiger partial charge in [-0.05, 0) is 30.7 Å². The molecule has 1 aromatic carbocycles. The molecule has 2 aromatic heterocycles. The monoisotopic (exact) mass is 269 g/mol. The van der Waals surface area contributed by atoms with Gasteiger partial charge < -0.3 is 0 Å². The van der Waals surface area contributed by atoms with E-state index in [-0.39, 0.29) is 0 Å². The Morgan fingerprint density at radius 3 is 2.84 bits per heavy atom. The van der Waals surface area contributed by atoms with Crippen LogP contribution in [0.15, 0.2) is 48.9 Å². The van der Waals surface area contributed by atoms with Crippen LogP contribution in [-0.2, 0) is 0 Å². The highest BCUT2D eigenvalue weighted by atomic mass is 32.1. The summed E-state index contributed by atoms with van der Waals surface area (Å²) in [5.41, 5.74) is 2.38. The standard InChI is InChI=1S/C15H15N3S/c1-11(15-10-16-12(2)19-15)13-5-3-6-14(9-13)18-8-4-7-17-18/h3-11H,1-2H3. The molecule has 0 bridgehead atoms. The van der Waals surface area contributed by atoms with Crippen LogP contribution in [0.3, 0.4) is 0 Å². The van der Waals surface area contributed by atoms with Crippen molar-refractivity contribution in [3.8, 4) is 5.69 Å². The second-order valence-electron chi connectivity index (χ2n) is 4.55. The van der Waals surface area contributed by atoms with E-state index in [1.165, 1.54) is 10.4 Å². The van der Waals surface area contributed by atoms with Gasteiger partial charge in [-0.25, -0.2) is 9.67 Å². The van der Waals surface area contributed by atoms with E-state index in [4.69, 9.17) is 0 Å². The van der Waals surface area contributed by atoms with Crippen LogP contribution in [0.4, 0.5) is 0 Å². The summed E-state index contributed by atoms with van der Waals surface area (Å²) in [5, 5.41) is 5.39. The minimum Gasteiger partial charge on any atom is -0.250 e. The fraction of sp³-hybridized carbons (Fsp3) is 0.200. The van der Waals surface area contributed by atoms with Crippen LogP contribution in [0.1, 0.15) is 28.3 Å². The number of nitrogens with zero attached hydrogens (tertiary/aromatic N) is 3. The molecule has 0 spiro atoms. The predicted octanol–water partition coefficient (Wildman–Crippen LogP) is 3.79. The molecule has 0 fully saturated rings. The molecule has 0 aliphatic carbocycles. The maximum Gasteiger partial charge on any atom is 0.0896 e. The highest BCUT2D eigenvalue weighted by Gasteiger charge is 2.12. The van der Waals surface area contributed by atoms with Crippen molar-refractivity contribution in [1.29, 1.82) is 0 Å². The normalized spacial score (nSPS) is 12.5. The molecule has 4 heteroatoms. The topological polar surface area (TPSA) is 30.7 Å². The molecule has 96 valence electrons. The van der Waals surface area contributed by atoms with Gasteiger partial charge in [-0.3, -0.25) is 0 Å². The lowest BCUT2D eigenvalue weighted by molar-refractivity contribution is 0.869. The highest BCUT2D eigenvalue weighted by Crippen LogP contribution is 2.29. The van der Waals surface area contributed by atoms with E-state index in [2.05, 4.69) is 41.3 Å². The molecular formula is C15H15N3S. The summed E-state index contributed by atoms with van der Waals surface area (Å²) in [7, 11) is 0. The zero-order valence-corrected chi connectivity index (χ0v) is 11.8. The first-order chi connectivity index (χ1) is 9.24. The minimum absolute atomic E-state index is 0.363. The zero-order chi connectivity index (χ0) is 13.2. The van der Waals surface area contributed by atoms with Crippen LogP contribution >= 0.6 is 11.3 Å². The third-order valence-corrected chi connectivity index (χ3v) is 4.30. The Hall–Kier alpha value is -1.94. The Kier molecular flexibility index (Phi) is 3.17. The molecule has 2 heterocycles. The Balaban J connectivity index is 1.95. The summed E-state index contributed by atoms with van der Waals surface area (Å²) in [6, 6.07) is 10.4. The fourth-order valence-corrected chi connectivity index (χ4v) is 2.97. The Morgan fingerprint density at radius 2 is 2.16 bits per heavy atom. The lowest BCUT2D eigenvalue weighted by atomic mass is 10.00. The van der Waals surface area contributed by atoms with Crippen molar-refractivity contribution in [2.45, 2.75) is 19.8 Å². The molecule has 3 rings (SSSR count). The number of aromatic nitrogens is 3. The summed E-state index contributed by atoms with van der Waals surface area (Å²) in [5.74, 6) is 0.363. The molecule has 3 aromatic rings. The van der Waals surface area contributed by atoms with Crippen molar-refractivity contribution in [3.05, 3.63) is 64.4 Å². The van der Waals surface area contributed by atoms with E-state index >= 15 is 0 Å². The second kappa shape index (κ2) is 4.97. The van der Waals surface area contributed by atoms with Gasteiger partial charge in [0.15, 0.2) is 0 Å². The molecule has 0 saturated carbocycles. The average Bonchev–Trinajstić information content (AvgIpc) is 3.09. The first-order valence-electron chi connectivity index (χ1n) is 6.26. The van der Waals surface area contributed by atoms with E-state index in [0.717, 1.165) is 10.7 Å². The Bertz CT molecular complexity index is 670. The van der Waals surface area contributed by atoms with E-state index in [1.807, 2.05) is 30.1 Å². The maximum atomic E-state index is 4.34. The quantitative estimate of drug-likeness (QED) is 0.724. The largest absolute Gasteiger partial charge is 0.250 e. The van der Waals surface area contributed by atoms with E-state index in [1.54, 1.807) is 17.5 Å². The van der Waals surface area contributed by atoms with E-state index in [0.29, 0.717) is 5.92 Å². The first-order valence-corrected chi connectivity index (χ1v) is 7.08. The third-order valence-electron chi connectivity index (χ3n) is 3.21.